The number of aromatic nitrogens is 2. The van der Waals surface area contributed by atoms with Crippen LogP contribution < -0.4 is 15.4 Å². The van der Waals surface area contributed by atoms with E-state index in [1.54, 1.807) is 11.8 Å². The summed E-state index contributed by atoms with van der Waals surface area (Å²) in [6.45, 7) is 9.90. The second-order valence-electron chi connectivity index (χ2n) is 10.1. The van der Waals surface area contributed by atoms with Gasteiger partial charge in [0.15, 0.2) is 5.82 Å². The van der Waals surface area contributed by atoms with Crippen LogP contribution in [0.3, 0.4) is 0 Å². The molecule has 0 saturated carbocycles. The van der Waals surface area contributed by atoms with Crippen LogP contribution in [0.5, 0.6) is 5.75 Å². The van der Waals surface area contributed by atoms with Crippen molar-refractivity contribution >= 4 is 23.7 Å². The number of amides is 1. The van der Waals surface area contributed by atoms with Gasteiger partial charge in [0.05, 0.1) is 18.5 Å². The number of carbonyl (C=O) groups excluding carboxylic acids is 1. The SMILES string of the molecule is CC(C)c1noc(N2CCC([C@H](C)CCOc3ccc(C[C@H](N)C(=O)N4CCSC4)cc3)CC2)n1. The average molecular weight is 502 g/mol. The molecular formula is C26H39N5O3S. The Balaban J connectivity index is 1.15. The molecular weight excluding hydrogens is 462 g/mol. The summed E-state index contributed by atoms with van der Waals surface area (Å²) in [4.78, 5) is 21.0. The predicted molar refractivity (Wildman–Crippen MR) is 140 cm³/mol. The quantitative estimate of drug-likeness (QED) is 0.523. The molecule has 2 N–H and O–H groups in total. The van der Waals surface area contributed by atoms with Crippen LogP contribution in [-0.2, 0) is 11.2 Å². The van der Waals surface area contributed by atoms with Crippen LogP contribution in [-0.4, -0.2) is 64.9 Å². The molecule has 2 fully saturated rings. The Labute approximate surface area is 212 Å². The van der Waals surface area contributed by atoms with E-state index in [9.17, 15) is 4.79 Å². The molecule has 2 atom stereocenters. The third-order valence-corrected chi connectivity index (χ3v) is 8.13. The molecule has 3 heterocycles. The number of anilines is 1. The van der Waals surface area contributed by atoms with Crippen LogP contribution >= 0.6 is 11.8 Å². The van der Waals surface area contributed by atoms with E-state index in [4.69, 9.17) is 15.0 Å². The number of nitrogens with zero attached hydrogens (tertiary/aromatic N) is 4. The second-order valence-corrected chi connectivity index (χ2v) is 11.2. The maximum absolute atomic E-state index is 12.4. The van der Waals surface area contributed by atoms with Gasteiger partial charge in [0.25, 0.3) is 0 Å². The summed E-state index contributed by atoms with van der Waals surface area (Å²) < 4.78 is 11.5. The molecule has 8 nitrogen and oxygen atoms in total. The molecule has 0 aliphatic carbocycles. The summed E-state index contributed by atoms with van der Waals surface area (Å²) in [5.74, 6) is 5.00. The molecule has 0 unspecified atom stereocenters. The highest BCUT2D eigenvalue weighted by molar-refractivity contribution is 7.99. The van der Waals surface area contributed by atoms with E-state index in [1.165, 1.54) is 0 Å². The standard InChI is InChI=1S/C26H39N5O3S/c1-18(2)24-28-26(34-29-24)30-11-8-21(9-12-30)19(3)10-14-33-22-6-4-20(5-7-22)16-23(27)25(32)31-13-15-35-17-31/h4-7,18-19,21,23H,8-17,27H2,1-3H3/t19-,23+/m1/s1. The third kappa shape index (κ3) is 6.91. The smallest absolute Gasteiger partial charge is 0.324 e. The van der Waals surface area contributed by atoms with Crippen molar-refractivity contribution in [1.29, 1.82) is 0 Å². The molecule has 0 radical (unpaired) electrons. The van der Waals surface area contributed by atoms with Crippen molar-refractivity contribution in [3.8, 4) is 5.75 Å². The average Bonchev–Trinajstić information content (AvgIpc) is 3.57. The van der Waals surface area contributed by atoms with Crippen molar-refractivity contribution in [3.05, 3.63) is 35.7 Å². The van der Waals surface area contributed by atoms with Gasteiger partial charge >= 0.3 is 6.01 Å². The summed E-state index contributed by atoms with van der Waals surface area (Å²) in [7, 11) is 0. The second kappa shape index (κ2) is 12.1. The van der Waals surface area contributed by atoms with Gasteiger partial charge in [0, 0.05) is 31.3 Å². The molecule has 1 aromatic heterocycles. The van der Waals surface area contributed by atoms with Gasteiger partial charge in [-0.1, -0.05) is 38.1 Å². The van der Waals surface area contributed by atoms with E-state index < -0.39 is 6.04 Å². The van der Waals surface area contributed by atoms with E-state index in [1.807, 2.05) is 29.2 Å². The molecule has 2 aliphatic heterocycles. The normalized spacial score (nSPS) is 18.8. The molecule has 2 saturated heterocycles. The first kappa shape index (κ1) is 25.8. The van der Waals surface area contributed by atoms with Gasteiger partial charge in [-0.3, -0.25) is 4.79 Å². The van der Waals surface area contributed by atoms with Crippen molar-refractivity contribution in [3.63, 3.8) is 0 Å². The van der Waals surface area contributed by atoms with Gasteiger partial charge in [-0.15, -0.1) is 11.8 Å². The van der Waals surface area contributed by atoms with Gasteiger partial charge in [-0.05, 0) is 55.2 Å². The number of benzene rings is 1. The summed E-state index contributed by atoms with van der Waals surface area (Å²) in [6, 6.07) is 8.18. The van der Waals surface area contributed by atoms with Gasteiger partial charge in [0.1, 0.15) is 5.75 Å². The molecule has 35 heavy (non-hydrogen) atoms. The highest BCUT2D eigenvalue weighted by Gasteiger charge is 2.27. The van der Waals surface area contributed by atoms with E-state index in [-0.39, 0.29) is 11.8 Å². The van der Waals surface area contributed by atoms with Crippen molar-refractivity contribution in [1.82, 2.24) is 15.0 Å². The van der Waals surface area contributed by atoms with Crippen LogP contribution in [0.4, 0.5) is 6.01 Å². The minimum Gasteiger partial charge on any atom is -0.494 e. The first-order valence-electron chi connectivity index (χ1n) is 12.8. The van der Waals surface area contributed by atoms with E-state index in [2.05, 4.69) is 35.8 Å². The Morgan fingerprint density at radius 1 is 1.20 bits per heavy atom. The lowest BCUT2D eigenvalue weighted by Gasteiger charge is -2.33. The first-order valence-corrected chi connectivity index (χ1v) is 14.0. The van der Waals surface area contributed by atoms with Crippen molar-refractivity contribution in [2.24, 2.45) is 17.6 Å². The van der Waals surface area contributed by atoms with Gasteiger partial charge in [0.2, 0.25) is 5.91 Å². The van der Waals surface area contributed by atoms with Gasteiger partial charge in [-0.25, -0.2) is 0 Å². The topological polar surface area (TPSA) is 97.7 Å². The van der Waals surface area contributed by atoms with Crippen LogP contribution in [0, 0.1) is 11.8 Å². The maximum atomic E-state index is 12.4. The molecule has 1 amide bonds. The zero-order valence-electron chi connectivity index (χ0n) is 21.2. The number of rotatable bonds is 10. The summed E-state index contributed by atoms with van der Waals surface area (Å²) in [5.41, 5.74) is 7.22. The highest BCUT2D eigenvalue weighted by atomic mass is 32.2. The predicted octanol–water partition coefficient (Wildman–Crippen LogP) is 3.92. The minimum atomic E-state index is -0.482. The van der Waals surface area contributed by atoms with E-state index >= 15 is 0 Å². The van der Waals surface area contributed by atoms with Gasteiger partial charge in [-0.2, -0.15) is 4.98 Å². The summed E-state index contributed by atoms with van der Waals surface area (Å²) in [6.07, 6.45) is 3.84. The lowest BCUT2D eigenvalue weighted by atomic mass is 9.84. The number of thioether (sulfide) groups is 1. The van der Waals surface area contributed by atoms with Crippen LogP contribution in [0.15, 0.2) is 28.8 Å². The molecule has 2 aliphatic rings. The molecule has 2 aromatic rings. The Bertz CT molecular complexity index is 937. The number of nitrogens with two attached hydrogens (primary N) is 1. The molecule has 9 heteroatoms. The summed E-state index contributed by atoms with van der Waals surface area (Å²) >= 11 is 1.78. The third-order valence-electron chi connectivity index (χ3n) is 7.16. The number of ether oxygens (including phenoxy) is 1. The fraction of sp³-hybridized carbons (Fsp3) is 0.654. The molecule has 0 bridgehead atoms. The maximum Gasteiger partial charge on any atom is 0.324 e. The van der Waals surface area contributed by atoms with Gasteiger partial charge < -0.3 is 24.8 Å². The number of hydrogen-bond acceptors (Lipinski definition) is 8. The molecule has 0 spiro atoms. The van der Waals surface area contributed by atoms with Crippen LogP contribution in [0.2, 0.25) is 0 Å². The zero-order valence-corrected chi connectivity index (χ0v) is 22.0. The van der Waals surface area contributed by atoms with Crippen molar-refractivity contribution < 1.29 is 14.1 Å². The van der Waals surface area contributed by atoms with E-state index in [0.29, 0.717) is 30.9 Å². The highest BCUT2D eigenvalue weighted by Crippen LogP contribution is 2.30. The van der Waals surface area contributed by atoms with Crippen LogP contribution in [0.25, 0.3) is 0 Å². The Hall–Kier alpha value is -2.26. The van der Waals surface area contributed by atoms with Crippen LogP contribution in [0.1, 0.15) is 57.3 Å². The molecule has 192 valence electrons. The molecule has 4 rings (SSSR count). The zero-order chi connectivity index (χ0) is 24.8. The Morgan fingerprint density at radius 3 is 2.57 bits per heavy atom. The van der Waals surface area contributed by atoms with Crippen molar-refractivity contribution in [2.75, 3.05) is 42.8 Å². The largest absolute Gasteiger partial charge is 0.494 e. The number of carbonyl (C=O) groups is 1. The molecule has 1 aromatic carbocycles. The number of hydrogen-bond donors (Lipinski definition) is 1. The minimum absolute atomic E-state index is 0.0487. The Morgan fingerprint density at radius 2 is 1.94 bits per heavy atom. The Kier molecular flexibility index (Phi) is 8.94. The van der Waals surface area contributed by atoms with E-state index in [0.717, 1.165) is 67.7 Å². The first-order chi connectivity index (χ1) is 16.9. The monoisotopic (exact) mass is 501 g/mol. The fourth-order valence-electron chi connectivity index (χ4n) is 4.73. The fourth-order valence-corrected chi connectivity index (χ4v) is 5.69. The lowest BCUT2D eigenvalue weighted by molar-refractivity contribution is -0.131. The number of piperidine rings is 1. The lowest BCUT2D eigenvalue weighted by Crippen LogP contribution is -2.43. The van der Waals surface area contributed by atoms with Crippen molar-refractivity contribution in [2.45, 2.75) is 58.4 Å². The summed E-state index contributed by atoms with van der Waals surface area (Å²) in [5, 5.41) is 4.09.